The molecule has 0 bridgehead atoms. The van der Waals surface area contributed by atoms with Crippen LogP contribution in [0.3, 0.4) is 0 Å². The number of thiophene rings is 1. The van der Waals surface area contributed by atoms with Crippen molar-refractivity contribution in [1.82, 2.24) is 10.6 Å². The highest BCUT2D eigenvalue weighted by molar-refractivity contribution is 14.0. The molecule has 104 valence electrons. The molecule has 0 saturated heterocycles. The quantitative estimate of drug-likeness (QED) is 0.320. The summed E-state index contributed by atoms with van der Waals surface area (Å²) in [5, 5.41) is 10.8. The van der Waals surface area contributed by atoms with Crippen LogP contribution in [0.1, 0.15) is 18.9 Å². The Bertz CT molecular complexity index is 315. The maximum atomic E-state index is 4.55. The second-order valence-corrected chi connectivity index (χ2v) is 5.37. The maximum absolute atomic E-state index is 4.55. The summed E-state index contributed by atoms with van der Waals surface area (Å²) in [4.78, 5) is 4.55. The zero-order valence-electron chi connectivity index (χ0n) is 10.9. The molecule has 0 aromatic carbocycles. The van der Waals surface area contributed by atoms with Gasteiger partial charge in [-0.3, -0.25) is 0 Å². The lowest BCUT2D eigenvalue weighted by atomic mass is 10.3. The molecule has 0 unspecified atom stereocenters. The van der Waals surface area contributed by atoms with Gasteiger partial charge in [0.05, 0.1) is 6.54 Å². The van der Waals surface area contributed by atoms with Crippen molar-refractivity contribution in [2.45, 2.75) is 19.9 Å². The number of nitrogens with one attached hydrogen (secondary N) is 2. The summed E-state index contributed by atoms with van der Waals surface area (Å²) in [6, 6.07) is 2.12. The van der Waals surface area contributed by atoms with Gasteiger partial charge in [0.25, 0.3) is 0 Å². The number of halogens is 1. The molecular formula is C12H22IN3S2. The summed E-state index contributed by atoms with van der Waals surface area (Å²) in [5.74, 6) is 2.11. The van der Waals surface area contributed by atoms with E-state index < -0.39 is 0 Å². The van der Waals surface area contributed by atoms with Crippen LogP contribution in [0.5, 0.6) is 0 Å². The molecule has 3 nitrogen and oxygen atoms in total. The van der Waals surface area contributed by atoms with E-state index in [9.17, 15) is 0 Å². The van der Waals surface area contributed by atoms with Gasteiger partial charge in [-0.2, -0.15) is 23.1 Å². The van der Waals surface area contributed by atoms with Gasteiger partial charge in [0.1, 0.15) is 0 Å². The highest BCUT2D eigenvalue weighted by Gasteiger charge is 1.97. The summed E-state index contributed by atoms with van der Waals surface area (Å²) in [6.07, 6.45) is 3.31. The highest BCUT2D eigenvalue weighted by atomic mass is 127. The van der Waals surface area contributed by atoms with Gasteiger partial charge in [-0.1, -0.05) is 0 Å². The van der Waals surface area contributed by atoms with Gasteiger partial charge in [0, 0.05) is 13.1 Å². The van der Waals surface area contributed by atoms with Gasteiger partial charge in [0.15, 0.2) is 5.96 Å². The van der Waals surface area contributed by atoms with Crippen molar-refractivity contribution in [2.24, 2.45) is 4.99 Å². The van der Waals surface area contributed by atoms with Crippen molar-refractivity contribution in [3.63, 3.8) is 0 Å². The van der Waals surface area contributed by atoms with Crippen molar-refractivity contribution >= 4 is 53.0 Å². The van der Waals surface area contributed by atoms with E-state index in [1.807, 2.05) is 11.8 Å². The third-order valence-electron chi connectivity index (χ3n) is 2.16. The lowest BCUT2D eigenvalue weighted by Gasteiger charge is -2.10. The molecule has 1 aromatic heterocycles. The SMILES string of the molecule is CCNC(=NCc1ccsc1)NCCCSC.I. The lowest BCUT2D eigenvalue weighted by Crippen LogP contribution is -2.37. The van der Waals surface area contributed by atoms with E-state index in [1.54, 1.807) is 11.3 Å². The van der Waals surface area contributed by atoms with E-state index in [-0.39, 0.29) is 24.0 Å². The van der Waals surface area contributed by atoms with Crippen LogP contribution in [0.2, 0.25) is 0 Å². The molecule has 6 heteroatoms. The first-order valence-electron chi connectivity index (χ1n) is 5.89. The summed E-state index contributed by atoms with van der Waals surface area (Å²) in [7, 11) is 0. The van der Waals surface area contributed by atoms with Gasteiger partial charge in [-0.25, -0.2) is 4.99 Å². The van der Waals surface area contributed by atoms with Crippen LogP contribution in [0.4, 0.5) is 0 Å². The molecule has 0 spiro atoms. The van der Waals surface area contributed by atoms with Crippen LogP contribution in [-0.2, 0) is 6.54 Å². The van der Waals surface area contributed by atoms with E-state index in [0.29, 0.717) is 0 Å². The molecule has 0 aliphatic rings. The van der Waals surface area contributed by atoms with Gasteiger partial charge in [0.2, 0.25) is 0 Å². The lowest BCUT2D eigenvalue weighted by molar-refractivity contribution is 0.790. The van der Waals surface area contributed by atoms with Crippen molar-refractivity contribution < 1.29 is 0 Å². The van der Waals surface area contributed by atoms with Crippen molar-refractivity contribution in [2.75, 3.05) is 25.1 Å². The standard InChI is InChI=1S/C12H21N3S2.HI/c1-3-13-12(14-6-4-7-16-2)15-9-11-5-8-17-10-11;/h5,8,10H,3-4,6-7,9H2,1-2H3,(H2,13,14,15);1H. The molecule has 0 amide bonds. The predicted octanol–water partition coefficient (Wildman–Crippen LogP) is 3.17. The van der Waals surface area contributed by atoms with Crippen molar-refractivity contribution in [3.05, 3.63) is 22.4 Å². The Hall–Kier alpha value is 0.0500. The Morgan fingerprint density at radius 1 is 1.44 bits per heavy atom. The molecule has 1 heterocycles. The zero-order chi connectivity index (χ0) is 12.3. The fraction of sp³-hybridized carbons (Fsp3) is 0.583. The molecule has 0 saturated carbocycles. The molecule has 0 atom stereocenters. The van der Waals surface area contributed by atoms with Crippen molar-refractivity contribution in [3.8, 4) is 0 Å². The summed E-state index contributed by atoms with van der Waals surface area (Å²) in [5.41, 5.74) is 1.27. The largest absolute Gasteiger partial charge is 0.357 e. The normalized spacial score (nSPS) is 10.9. The number of rotatable bonds is 7. The second kappa shape index (κ2) is 12.1. The topological polar surface area (TPSA) is 36.4 Å². The Labute approximate surface area is 135 Å². The van der Waals surface area contributed by atoms with Gasteiger partial charge in [-0.15, -0.1) is 24.0 Å². The van der Waals surface area contributed by atoms with Crippen molar-refractivity contribution in [1.29, 1.82) is 0 Å². The summed E-state index contributed by atoms with van der Waals surface area (Å²) >= 11 is 3.60. The molecule has 18 heavy (non-hydrogen) atoms. The molecule has 0 aliphatic heterocycles. The van der Waals surface area contributed by atoms with Gasteiger partial charge < -0.3 is 10.6 Å². The monoisotopic (exact) mass is 399 g/mol. The summed E-state index contributed by atoms with van der Waals surface area (Å²) in [6.45, 7) is 4.72. The molecular weight excluding hydrogens is 377 g/mol. The molecule has 0 radical (unpaired) electrons. The summed E-state index contributed by atoms with van der Waals surface area (Å²) < 4.78 is 0. The highest BCUT2D eigenvalue weighted by Crippen LogP contribution is 2.06. The molecule has 1 aromatic rings. The fourth-order valence-electron chi connectivity index (χ4n) is 1.32. The number of guanidine groups is 1. The minimum atomic E-state index is 0. The molecule has 0 aliphatic carbocycles. The van der Waals surface area contributed by atoms with Crippen LogP contribution in [0, 0.1) is 0 Å². The van der Waals surface area contributed by atoms with Crippen LogP contribution in [0.15, 0.2) is 21.8 Å². The fourth-order valence-corrected chi connectivity index (χ4v) is 2.41. The average molecular weight is 399 g/mol. The van der Waals surface area contributed by atoms with Crippen LogP contribution in [-0.4, -0.2) is 31.1 Å². The van der Waals surface area contributed by atoms with E-state index in [0.717, 1.165) is 25.6 Å². The van der Waals surface area contributed by atoms with Gasteiger partial charge in [-0.05, 0) is 47.7 Å². The number of thioether (sulfide) groups is 1. The Balaban J connectivity index is 0.00000289. The smallest absolute Gasteiger partial charge is 0.191 e. The third-order valence-corrected chi connectivity index (χ3v) is 3.59. The maximum Gasteiger partial charge on any atom is 0.191 e. The van der Waals surface area contributed by atoms with Crippen LogP contribution < -0.4 is 10.6 Å². The number of aliphatic imine (C=N–C) groups is 1. The Kier molecular flexibility index (Phi) is 12.1. The first-order chi connectivity index (χ1) is 8.36. The minimum Gasteiger partial charge on any atom is -0.357 e. The van der Waals surface area contributed by atoms with Crippen LogP contribution in [0.25, 0.3) is 0 Å². The number of nitrogens with zero attached hydrogens (tertiary/aromatic N) is 1. The number of hydrogen-bond donors (Lipinski definition) is 2. The Morgan fingerprint density at radius 3 is 2.89 bits per heavy atom. The molecule has 2 N–H and O–H groups in total. The number of hydrogen-bond acceptors (Lipinski definition) is 3. The molecule has 0 fully saturated rings. The Morgan fingerprint density at radius 2 is 2.28 bits per heavy atom. The minimum absolute atomic E-state index is 0. The first kappa shape index (κ1) is 18.0. The van der Waals surface area contributed by atoms with E-state index in [2.05, 4.69) is 45.6 Å². The van der Waals surface area contributed by atoms with E-state index in [4.69, 9.17) is 0 Å². The van der Waals surface area contributed by atoms with Crippen LogP contribution >= 0.6 is 47.1 Å². The zero-order valence-corrected chi connectivity index (χ0v) is 14.9. The first-order valence-corrected chi connectivity index (χ1v) is 8.22. The second-order valence-electron chi connectivity index (χ2n) is 3.60. The average Bonchev–Trinajstić information content (AvgIpc) is 2.84. The molecule has 1 rings (SSSR count). The van der Waals surface area contributed by atoms with Gasteiger partial charge >= 0.3 is 0 Å². The van der Waals surface area contributed by atoms with E-state index >= 15 is 0 Å². The van der Waals surface area contributed by atoms with E-state index in [1.165, 1.54) is 17.7 Å². The predicted molar refractivity (Wildman–Crippen MR) is 95.6 cm³/mol. The third kappa shape index (κ3) is 8.20.